The van der Waals surface area contributed by atoms with Gasteiger partial charge in [-0.15, -0.1) is 0 Å². The number of amides is 3. The third kappa shape index (κ3) is 9.82. The van der Waals surface area contributed by atoms with Crippen molar-refractivity contribution in [2.24, 2.45) is 0 Å². The largest absolute Gasteiger partial charge is 0.472 e. The molecule has 0 saturated carbocycles. The first-order valence-corrected chi connectivity index (χ1v) is 17.6. The minimum atomic E-state index is -4.35. The molecule has 4 atom stereocenters. The maximum absolute atomic E-state index is 13.3. The number of para-hydroxylation sites is 1. The molecule has 248 valence electrons. The summed E-state index contributed by atoms with van der Waals surface area (Å²) < 4.78 is 42.5. The van der Waals surface area contributed by atoms with E-state index < -0.39 is 27.8 Å². The number of rotatable bonds is 14. The summed E-state index contributed by atoms with van der Waals surface area (Å²) in [5.74, 6) is 5.36. The second-order valence-corrected chi connectivity index (χ2v) is 13.7. The third-order valence-electron chi connectivity index (χ3n) is 7.50. The van der Waals surface area contributed by atoms with Gasteiger partial charge in [0.25, 0.3) is 0 Å². The van der Waals surface area contributed by atoms with Crippen LogP contribution >= 0.6 is 15.6 Å². The van der Waals surface area contributed by atoms with Gasteiger partial charge in [0, 0.05) is 57.7 Å². The van der Waals surface area contributed by atoms with Crippen LogP contribution in [0.3, 0.4) is 0 Å². The van der Waals surface area contributed by atoms with Crippen LogP contribution in [0.2, 0.25) is 0 Å². The molecule has 46 heavy (non-hydrogen) atoms. The van der Waals surface area contributed by atoms with Crippen LogP contribution in [0.4, 0.5) is 5.69 Å². The van der Waals surface area contributed by atoms with E-state index in [0.29, 0.717) is 12.2 Å². The summed E-state index contributed by atoms with van der Waals surface area (Å²) in [6.45, 7) is 0.0315. The SMILES string of the molecule is COP(=O)(O)OC[C@@H]1C[C@@H](OP(=O)(O)OC)CN1C(=O)CCCNC(=O)CCC(=O)N1Cc2ccccc2C#Cc2ccccc21. The fourth-order valence-corrected chi connectivity index (χ4v) is 6.22. The van der Waals surface area contributed by atoms with Gasteiger partial charge in [-0.25, -0.2) is 9.13 Å². The van der Waals surface area contributed by atoms with E-state index in [4.69, 9.17) is 9.05 Å². The van der Waals surface area contributed by atoms with Gasteiger partial charge in [0.1, 0.15) is 0 Å². The van der Waals surface area contributed by atoms with E-state index in [1.54, 1.807) is 4.90 Å². The highest BCUT2D eigenvalue weighted by molar-refractivity contribution is 7.47. The van der Waals surface area contributed by atoms with Crippen LogP contribution in [0.5, 0.6) is 0 Å². The number of likely N-dealkylation sites (tertiary alicyclic amines) is 1. The van der Waals surface area contributed by atoms with Crippen LogP contribution in [0.25, 0.3) is 0 Å². The van der Waals surface area contributed by atoms with Crippen LogP contribution < -0.4 is 10.2 Å². The predicted molar refractivity (Wildman–Crippen MR) is 166 cm³/mol. The number of carbonyl (C=O) groups excluding carboxylic acids is 3. The molecule has 14 nitrogen and oxygen atoms in total. The molecule has 0 bridgehead atoms. The van der Waals surface area contributed by atoms with E-state index in [1.807, 2.05) is 48.5 Å². The van der Waals surface area contributed by atoms with Gasteiger partial charge in [0.15, 0.2) is 0 Å². The lowest BCUT2D eigenvalue weighted by atomic mass is 10.0. The van der Waals surface area contributed by atoms with Gasteiger partial charge in [0.05, 0.1) is 31.0 Å². The van der Waals surface area contributed by atoms with Gasteiger partial charge in [-0.05, 0) is 36.6 Å². The highest BCUT2D eigenvalue weighted by Gasteiger charge is 2.40. The zero-order chi connectivity index (χ0) is 33.3. The minimum Gasteiger partial charge on any atom is -0.356 e. The van der Waals surface area contributed by atoms with Crippen molar-refractivity contribution >= 4 is 39.1 Å². The van der Waals surface area contributed by atoms with E-state index in [1.165, 1.54) is 4.90 Å². The Morgan fingerprint density at radius 3 is 2.33 bits per heavy atom. The number of fused-ring (bicyclic) bond motifs is 2. The molecule has 3 N–H and O–H groups in total. The van der Waals surface area contributed by atoms with E-state index in [0.717, 1.165) is 30.9 Å². The average Bonchev–Trinajstić information content (AvgIpc) is 3.44. The molecule has 0 aliphatic carbocycles. The molecule has 2 heterocycles. The number of hydrogen-bond acceptors (Lipinski definition) is 9. The standard InChI is InChI=1S/C30H37N3O11P2/c1-41-45(37,38)43-21-25-18-26(44-46(39,40)42-2)20-32(25)29(35)12-7-17-31-28(34)15-16-30(36)33-19-24-10-4-3-8-22(24)13-14-23-9-5-6-11-27(23)33/h3-6,8-11,25-26H,7,12,15-21H2,1-2H3,(H,31,34)(H,37,38)(H,39,40)/t25-,26+/m0/s1. The number of nitrogens with one attached hydrogen (secondary N) is 1. The molecular weight excluding hydrogens is 640 g/mol. The summed E-state index contributed by atoms with van der Waals surface area (Å²) in [4.78, 5) is 61.2. The lowest BCUT2D eigenvalue weighted by Crippen LogP contribution is -2.39. The van der Waals surface area contributed by atoms with Gasteiger partial charge in [0.2, 0.25) is 17.7 Å². The van der Waals surface area contributed by atoms with Crippen molar-refractivity contribution in [1.29, 1.82) is 0 Å². The minimum absolute atomic E-state index is 0.00440. The van der Waals surface area contributed by atoms with Crippen molar-refractivity contribution < 1.29 is 51.4 Å². The van der Waals surface area contributed by atoms with Gasteiger partial charge < -0.3 is 24.9 Å². The van der Waals surface area contributed by atoms with E-state index >= 15 is 0 Å². The Morgan fingerprint density at radius 2 is 1.59 bits per heavy atom. The Kier molecular flexibility index (Phi) is 12.3. The fourth-order valence-electron chi connectivity index (χ4n) is 5.14. The van der Waals surface area contributed by atoms with Crippen LogP contribution in [0, 0.1) is 11.8 Å². The van der Waals surface area contributed by atoms with Gasteiger partial charge in [-0.2, -0.15) is 0 Å². The van der Waals surface area contributed by atoms with Crippen LogP contribution in [-0.4, -0.2) is 78.5 Å². The summed E-state index contributed by atoms with van der Waals surface area (Å²) in [5, 5.41) is 2.73. The molecule has 2 aromatic carbocycles. The molecule has 3 amide bonds. The number of nitrogens with zero attached hydrogens (tertiary/aromatic N) is 2. The van der Waals surface area contributed by atoms with Crippen LogP contribution in [0.1, 0.15) is 48.8 Å². The molecule has 4 rings (SSSR count). The quantitative estimate of drug-likeness (QED) is 0.152. The summed E-state index contributed by atoms with van der Waals surface area (Å²) in [7, 11) is -6.67. The van der Waals surface area contributed by atoms with Crippen molar-refractivity contribution in [2.75, 3.05) is 38.8 Å². The highest BCUT2D eigenvalue weighted by atomic mass is 31.2. The number of benzene rings is 2. The van der Waals surface area contributed by atoms with Crippen molar-refractivity contribution in [3.8, 4) is 11.8 Å². The molecule has 1 saturated heterocycles. The zero-order valence-electron chi connectivity index (χ0n) is 25.5. The van der Waals surface area contributed by atoms with Gasteiger partial charge in [-0.1, -0.05) is 42.2 Å². The number of carbonyl (C=O) groups is 3. The molecule has 0 aromatic heterocycles. The first-order valence-electron chi connectivity index (χ1n) is 14.6. The Hall–Kier alpha value is -3.37. The van der Waals surface area contributed by atoms with Crippen molar-refractivity contribution in [3.63, 3.8) is 0 Å². The lowest BCUT2D eigenvalue weighted by Gasteiger charge is -2.26. The molecule has 0 spiro atoms. The van der Waals surface area contributed by atoms with Crippen LogP contribution in [-0.2, 0) is 48.2 Å². The molecular formula is C30H37N3O11P2. The molecule has 2 aliphatic heterocycles. The fraction of sp³-hybridized carbons (Fsp3) is 0.433. The highest BCUT2D eigenvalue weighted by Crippen LogP contribution is 2.46. The summed E-state index contributed by atoms with van der Waals surface area (Å²) in [6.07, 6.45) is -0.658. The number of hydrogen-bond donors (Lipinski definition) is 3. The Labute approximate surface area is 267 Å². The van der Waals surface area contributed by atoms with E-state index in [2.05, 4.69) is 26.2 Å². The number of phosphoric ester groups is 2. The van der Waals surface area contributed by atoms with Crippen LogP contribution in [0.15, 0.2) is 48.5 Å². The second kappa shape index (κ2) is 16.0. The van der Waals surface area contributed by atoms with Crippen molar-refractivity contribution in [1.82, 2.24) is 10.2 Å². The molecule has 0 radical (unpaired) electrons. The molecule has 16 heteroatoms. The van der Waals surface area contributed by atoms with Gasteiger partial charge >= 0.3 is 15.6 Å². The van der Waals surface area contributed by atoms with E-state index in [-0.39, 0.29) is 69.5 Å². The maximum Gasteiger partial charge on any atom is 0.472 e. The summed E-state index contributed by atoms with van der Waals surface area (Å²) in [6, 6.07) is 14.2. The molecule has 1 fully saturated rings. The average molecular weight is 678 g/mol. The molecule has 2 aromatic rings. The van der Waals surface area contributed by atoms with Crippen molar-refractivity contribution in [3.05, 3.63) is 65.2 Å². The summed E-state index contributed by atoms with van der Waals surface area (Å²) in [5.41, 5.74) is 3.14. The van der Waals surface area contributed by atoms with E-state index in [9.17, 15) is 33.3 Å². The maximum atomic E-state index is 13.3. The predicted octanol–water partition coefficient (Wildman–Crippen LogP) is 3.11. The topological polar surface area (TPSA) is 181 Å². The number of phosphoric acid groups is 2. The summed E-state index contributed by atoms with van der Waals surface area (Å²) >= 11 is 0. The molecule has 2 unspecified atom stereocenters. The first kappa shape index (κ1) is 35.5. The Morgan fingerprint density at radius 1 is 0.913 bits per heavy atom. The Bertz CT molecular complexity index is 1590. The van der Waals surface area contributed by atoms with Crippen molar-refractivity contribution in [2.45, 2.75) is 50.8 Å². The molecule has 2 aliphatic rings. The lowest BCUT2D eigenvalue weighted by molar-refractivity contribution is -0.133. The Balaban J connectivity index is 1.27. The monoisotopic (exact) mass is 677 g/mol. The zero-order valence-corrected chi connectivity index (χ0v) is 27.3. The smallest absolute Gasteiger partial charge is 0.356 e. The first-order chi connectivity index (χ1) is 21.9. The third-order valence-corrected chi connectivity index (χ3v) is 9.46. The normalized spacial score (nSPS) is 19.7. The second-order valence-electron chi connectivity index (χ2n) is 10.6. The van der Waals surface area contributed by atoms with Gasteiger partial charge in [-0.3, -0.25) is 32.5 Å². The number of anilines is 1.